The molecule has 0 aliphatic carbocycles. The molecule has 0 aromatic heterocycles. The molecule has 1 aliphatic heterocycles. The van der Waals surface area contributed by atoms with Crippen LogP contribution < -0.4 is 136 Å². The summed E-state index contributed by atoms with van der Waals surface area (Å²) in [6, 6.07) is 1.39. The van der Waals surface area contributed by atoms with Gasteiger partial charge in [0.05, 0.1) is 6.04 Å². The van der Waals surface area contributed by atoms with E-state index in [0.717, 1.165) is 10.8 Å². The number of carbonyl (C=O) groups is 16. The van der Waals surface area contributed by atoms with E-state index in [0.29, 0.717) is 29.5 Å². The molecule has 1 heterocycles. The number of nitrogens with one attached hydrogen (secondary N) is 21. The number of unbranched alkanes of at least 4 members (excludes halogenated alkanes) is 2. The topological polar surface area (TPSA) is 865 Å². The number of fused-ring (bicyclic) bond motifs is 1. The lowest BCUT2D eigenvalue weighted by atomic mass is 10.00. The molecule has 14 atom stereocenters. The van der Waals surface area contributed by atoms with Crippen molar-refractivity contribution in [2.45, 2.75) is 232 Å². The van der Waals surface area contributed by atoms with E-state index in [4.69, 9.17) is 67.5 Å². The second kappa shape index (κ2) is 62.6. The van der Waals surface area contributed by atoms with Gasteiger partial charge in [0.1, 0.15) is 90.0 Å². The number of hydrogen-bond acceptors (Lipinski definition) is 27. The lowest BCUT2D eigenvalue weighted by Crippen LogP contribution is -2.61. The predicted octanol–water partition coefficient (Wildman–Crippen LogP) is -6.02. The Labute approximate surface area is 825 Å². The highest BCUT2D eigenvalue weighted by atomic mass is 32.1. The normalized spacial score (nSPS) is 14.8. The van der Waals surface area contributed by atoms with Crippen LogP contribution in [0.5, 0.6) is 11.5 Å². The minimum Gasteiger partial charge on any atom is -0.508 e. The SMILES string of the molecule is N=C(N)NCCC[C@H](NC(=O)[C@H](CS)NC(=O)[C@H](CCCNC(N)=O)NC(=O)[C@H](CCCNC(=N)N)NC(=O)[C@H](Cc1ccc(O)cc1)NC(=O)[C@@H]1CCCN1C(=O)[C@@H](CCCCN)NC(=O)[C@H](CCCCN)NC(=O)[C@H](CCCNC(=N)N)NC(=O)[C@H](Cc1ccc(O)cc1)NC(=O)[C@H](CS)NC(=O)[C@H](Cc1ccc2ccccc2c1)NC(=O)[C@H](CCCNC(=N)N)NC(=O)[C@@H](N)CCC(=O)O)C(=O)O. The molecule has 0 bridgehead atoms. The van der Waals surface area contributed by atoms with E-state index in [1.807, 2.05) is 18.2 Å². The van der Waals surface area contributed by atoms with Crippen molar-refractivity contribution in [1.82, 2.24) is 95.3 Å². The first-order chi connectivity index (χ1) is 67.1. The highest BCUT2D eigenvalue weighted by molar-refractivity contribution is 7.80. The average Bonchev–Trinajstić information content (AvgIpc) is 1.28. The number of phenolic OH excluding ortho intramolecular Hbond substituents is 2. The zero-order valence-electron chi connectivity index (χ0n) is 78.4. The van der Waals surface area contributed by atoms with Crippen molar-refractivity contribution >= 4 is 155 Å². The van der Waals surface area contributed by atoms with Gasteiger partial charge in [0.25, 0.3) is 0 Å². The molecule has 0 unspecified atom stereocenters. The molecule has 141 heavy (non-hydrogen) atoms. The van der Waals surface area contributed by atoms with E-state index in [9.17, 15) is 68.4 Å². The second-order valence-electron chi connectivity index (χ2n) is 33.7. The van der Waals surface area contributed by atoms with Gasteiger partial charge in [0, 0.05) is 76.5 Å². The minimum atomic E-state index is -1.65. The summed E-state index contributed by atoms with van der Waals surface area (Å²) in [6.45, 7) is 0.145. The number of phenols is 2. The summed E-state index contributed by atoms with van der Waals surface area (Å²) in [6.07, 6.45) is -1.39. The van der Waals surface area contributed by atoms with Gasteiger partial charge < -0.3 is 162 Å². The second-order valence-corrected chi connectivity index (χ2v) is 34.5. The van der Waals surface area contributed by atoms with Crippen LogP contribution in [-0.4, -0.2) is 292 Å². The van der Waals surface area contributed by atoms with Crippen LogP contribution in [0.4, 0.5) is 4.79 Å². The largest absolute Gasteiger partial charge is 0.508 e. The number of likely N-dealkylation sites (tertiary alicyclic amines) is 1. The number of aromatic hydroxyl groups is 2. The summed E-state index contributed by atoms with van der Waals surface area (Å²) >= 11 is 8.66. The summed E-state index contributed by atoms with van der Waals surface area (Å²) in [7, 11) is 0. The van der Waals surface area contributed by atoms with Crippen molar-refractivity contribution < 1.29 is 97.1 Å². The molecule has 1 saturated heterocycles. The number of carbonyl (C=O) groups excluding carboxylic acids is 14. The maximum Gasteiger partial charge on any atom is 0.326 e. The fraction of sp³-hybridized carbons (Fsp3) is 0.528. The van der Waals surface area contributed by atoms with Crippen molar-refractivity contribution in [3.8, 4) is 11.5 Å². The van der Waals surface area contributed by atoms with Crippen molar-refractivity contribution in [2.24, 2.45) is 45.9 Å². The van der Waals surface area contributed by atoms with Crippen LogP contribution >= 0.6 is 25.3 Å². The number of nitrogens with zero attached hydrogens (tertiary/aromatic N) is 1. The number of nitrogens with two attached hydrogens (primary N) is 8. The van der Waals surface area contributed by atoms with Crippen LogP contribution in [0, 0.1) is 21.6 Å². The van der Waals surface area contributed by atoms with E-state index in [-0.39, 0.29) is 204 Å². The smallest absolute Gasteiger partial charge is 0.326 e. The minimum absolute atomic E-state index is 0.00104. The van der Waals surface area contributed by atoms with Crippen molar-refractivity contribution in [1.29, 1.82) is 21.6 Å². The molecule has 776 valence electrons. The summed E-state index contributed by atoms with van der Waals surface area (Å²) in [5.74, 6) is -17.8. The van der Waals surface area contributed by atoms with Gasteiger partial charge in [-0.15, -0.1) is 0 Å². The van der Waals surface area contributed by atoms with E-state index in [1.165, 1.54) is 53.4 Å². The molecular formula is C89H138N30O20S2. The molecule has 4 aromatic rings. The Morgan fingerprint density at radius 2 is 0.674 bits per heavy atom. The van der Waals surface area contributed by atoms with Crippen LogP contribution in [0.3, 0.4) is 0 Å². The number of primary amides is 1. The van der Waals surface area contributed by atoms with Crippen molar-refractivity contribution in [2.75, 3.05) is 63.9 Å². The lowest BCUT2D eigenvalue weighted by Gasteiger charge is -2.31. The van der Waals surface area contributed by atoms with Gasteiger partial charge in [0.2, 0.25) is 76.8 Å². The molecule has 41 N–H and O–H groups in total. The number of amides is 15. The van der Waals surface area contributed by atoms with Crippen molar-refractivity contribution in [3.63, 3.8) is 0 Å². The third-order valence-electron chi connectivity index (χ3n) is 22.6. The fourth-order valence-electron chi connectivity index (χ4n) is 15.0. The van der Waals surface area contributed by atoms with Crippen molar-refractivity contribution in [3.05, 3.63) is 108 Å². The Bertz CT molecular complexity index is 4900. The first-order valence-corrected chi connectivity index (χ1v) is 47.6. The van der Waals surface area contributed by atoms with Crippen LogP contribution in [0.15, 0.2) is 91.0 Å². The first-order valence-electron chi connectivity index (χ1n) is 46.3. The van der Waals surface area contributed by atoms with Crippen LogP contribution in [0.2, 0.25) is 0 Å². The first kappa shape index (κ1) is 117. The molecule has 4 aromatic carbocycles. The van der Waals surface area contributed by atoms with Gasteiger partial charge in [-0.1, -0.05) is 66.7 Å². The predicted molar refractivity (Wildman–Crippen MR) is 529 cm³/mol. The Kier molecular flexibility index (Phi) is 52.1. The number of urea groups is 1. The molecular weight excluding hydrogens is 1870 g/mol. The van der Waals surface area contributed by atoms with Gasteiger partial charge in [-0.3, -0.25) is 88.8 Å². The zero-order valence-corrected chi connectivity index (χ0v) is 80.1. The number of carboxylic acids is 2. The van der Waals surface area contributed by atoms with Crippen LogP contribution in [-0.2, 0) is 91.2 Å². The molecule has 15 amide bonds. The summed E-state index contributed by atoms with van der Waals surface area (Å²) in [5, 5.41) is 116. The lowest BCUT2D eigenvalue weighted by molar-refractivity contribution is -0.143. The molecule has 1 aliphatic rings. The Balaban J connectivity index is 1.47. The van der Waals surface area contributed by atoms with Crippen LogP contribution in [0.25, 0.3) is 10.8 Å². The number of hydrogen-bond donors (Lipinski definition) is 35. The number of benzene rings is 4. The average molecular weight is 2010 g/mol. The molecule has 52 heteroatoms. The monoisotopic (exact) mass is 2010 g/mol. The van der Waals surface area contributed by atoms with E-state index < -0.39 is 209 Å². The van der Waals surface area contributed by atoms with Crippen LogP contribution in [0.1, 0.15) is 145 Å². The standard InChI is InChI=1S/C89H138N30O20S2/c90-35-5-3-15-57(108-72(125)59(18-8-38-103-86(95)96)110-77(130)64(44-49-24-29-54(120)30-25-49)115-81(134)68(48-141)118-79(132)66(46-51-23-28-52-13-1-2-14-53(52)43-51)114-75(128)58(17-7-37-102-85(93)94)107-71(124)56(92)33-34-70(122)123)74(127)112-62(16-4-6-36-91)83(136)119-42-12-22-69(119)82(135)116-65(45-50-26-31-55(121)32-27-50)78(131)111-60(19-9-39-104-87(97)98)73(126)109-61(20-10-41-106-89(101)139)76(129)117-67(47-140)80(133)113-63(84(137)138)21-11-40-105-88(99)100/h1-2,13-14,23-32,43,56-69,120-121,140-141H,3-12,15-22,33-42,44-48,90-92H2,(H,107,124)(H,108,125)(H,109,126)(H,110,130)(H,111,131)(H,112,127)(H,113,133)(H,114,128)(H,115,134)(H,116,135)(H,117,129)(H,118,132)(H,122,123)(H,137,138)(H4,93,94,102)(H4,95,96,103)(H4,97,98,104)(H4,99,100,105)(H3,101,106,139)/t56-,57-,58-,59-,60-,61-,62+,63-,64-,65-,66-,67-,68-,69-/m0/s1. The van der Waals surface area contributed by atoms with Gasteiger partial charge in [-0.2, -0.15) is 25.3 Å². The molecule has 0 spiro atoms. The Morgan fingerprint density at radius 3 is 1.05 bits per heavy atom. The van der Waals surface area contributed by atoms with E-state index in [2.05, 4.69) is 116 Å². The third-order valence-corrected chi connectivity index (χ3v) is 23.3. The molecule has 0 radical (unpaired) electrons. The zero-order chi connectivity index (χ0) is 104. The fourth-order valence-corrected chi connectivity index (χ4v) is 15.5. The summed E-state index contributed by atoms with van der Waals surface area (Å²) in [5.41, 5.74) is 46.6. The quantitative estimate of drug-likeness (QED) is 0.00847. The van der Waals surface area contributed by atoms with E-state index in [1.54, 1.807) is 24.3 Å². The van der Waals surface area contributed by atoms with Gasteiger partial charge in [-0.05, 0) is 187 Å². The highest BCUT2D eigenvalue weighted by Crippen LogP contribution is 2.24. The molecule has 50 nitrogen and oxygen atoms in total. The van der Waals surface area contributed by atoms with Gasteiger partial charge in [0.15, 0.2) is 23.8 Å². The third kappa shape index (κ3) is 43.8. The molecule has 5 rings (SSSR count). The maximum atomic E-state index is 15.4. The van der Waals surface area contributed by atoms with E-state index >= 15 is 28.8 Å². The molecule has 0 saturated carbocycles. The maximum absolute atomic E-state index is 15.4. The number of thiol groups is 2. The number of aliphatic carboxylic acids is 2. The number of rotatable bonds is 65. The van der Waals surface area contributed by atoms with Gasteiger partial charge in [-0.25, -0.2) is 9.59 Å². The van der Waals surface area contributed by atoms with Gasteiger partial charge >= 0.3 is 18.0 Å². The Morgan fingerprint density at radius 1 is 0.362 bits per heavy atom. The summed E-state index contributed by atoms with van der Waals surface area (Å²) in [4.78, 5) is 228. The number of carboxylic acid groups (broad SMARTS) is 2. The Hall–Kier alpha value is -14.3. The molecule has 1 fully saturated rings. The summed E-state index contributed by atoms with van der Waals surface area (Å²) < 4.78 is 0. The number of guanidine groups is 4. The highest BCUT2D eigenvalue weighted by Gasteiger charge is 2.42.